The molecule has 1 aliphatic carbocycles. The molecule has 13 heavy (non-hydrogen) atoms. The summed E-state index contributed by atoms with van der Waals surface area (Å²) in [6, 6.07) is -0.315. The first-order chi connectivity index (χ1) is 6.25. The minimum absolute atomic E-state index is 0.315. The maximum absolute atomic E-state index is 10.9. The lowest BCUT2D eigenvalue weighted by Gasteiger charge is -2.27. The lowest BCUT2D eigenvalue weighted by atomic mass is 9.84. The van der Waals surface area contributed by atoms with Crippen molar-refractivity contribution in [3.05, 3.63) is 0 Å². The van der Waals surface area contributed by atoms with Gasteiger partial charge in [-0.15, -0.1) is 0 Å². The van der Waals surface area contributed by atoms with Gasteiger partial charge >= 0.3 is 5.97 Å². The zero-order chi connectivity index (χ0) is 9.68. The third-order valence-corrected chi connectivity index (χ3v) is 2.81. The van der Waals surface area contributed by atoms with Crippen LogP contribution < -0.4 is 5.32 Å². The van der Waals surface area contributed by atoms with Gasteiger partial charge in [-0.1, -0.05) is 26.2 Å². The van der Waals surface area contributed by atoms with Crippen molar-refractivity contribution in [2.24, 2.45) is 5.92 Å². The zero-order valence-corrected chi connectivity index (χ0v) is 8.25. The number of carboxylic acids is 1. The summed E-state index contributed by atoms with van der Waals surface area (Å²) < 4.78 is 0. The molecule has 1 atom stereocenters. The molecule has 0 aromatic heterocycles. The summed E-state index contributed by atoms with van der Waals surface area (Å²) >= 11 is 0. The highest BCUT2D eigenvalue weighted by atomic mass is 16.4. The highest BCUT2D eigenvalue weighted by molar-refractivity contribution is 5.73. The molecule has 3 heteroatoms. The quantitative estimate of drug-likeness (QED) is 0.700. The number of rotatable bonds is 4. The van der Waals surface area contributed by atoms with Crippen molar-refractivity contribution in [1.29, 1.82) is 0 Å². The Morgan fingerprint density at radius 2 is 2.08 bits per heavy atom. The Balaban J connectivity index is 2.46. The van der Waals surface area contributed by atoms with Gasteiger partial charge in [-0.3, -0.25) is 4.79 Å². The van der Waals surface area contributed by atoms with Crippen LogP contribution in [0.2, 0.25) is 0 Å². The number of aliphatic carboxylic acids is 1. The van der Waals surface area contributed by atoms with Gasteiger partial charge in [0.2, 0.25) is 0 Å². The molecule has 1 aliphatic rings. The van der Waals surface area contributed by atoms with Gasteiger partial charge in [0, 0.05) is 0 Å². The number of carboxylic acid groups (broad SMARTS) is 1. The third-order valence-electron chi connectivity index (χ3n) is 2.81. The molecule has 2 N–H and O–H groups in total. The molecule has 0 bridgehead atoms. The maximum atomic E-state index is 10.9. The normalized spacial score (nSPS) is 21.3. The number of hydrogen-bond donors (Lipinski definition) is 2. The van der Waals surface area contributed by atoms with Crippen LogP contribution in [0.1, 0.15) is 39.0 Å². The number of likely N-dealkylation sites (N-methyl/N-ethyl adjacent to an activating group) is 1. The zero-order valence-electron chi connectivity index (χ0n) is 8.25. The monoisotopic (exact) mass is 185 g/mol. The number of carbonyl (C=O) groups is 1. The Morgan fingerprint density at radius 3 is 2.54 bits per heavy atom. The first kappa shape index (κ1) is 10.5. The van der Waals surface area contributed by atoms with Crippen LogP contribution in [-0.4, -0.2) is 23.7 Å². The number of hydrogen-bond acceptors (Lipinski definition) is 2. The minimum atomic E-state index is -0.686. The summed E-state index contributed by atoms with van der Waals surface area (Å²) in [5, 5.41) is 12.0. The standard InChI is InChI=1S/C10H19NO2/c1-2-11-9(10(12)13)8-6-4-3-5-7-8/h8-9,11H,2-7H2,1H3,(H,12,13)/t9-/m0/s1. The van der Waals surface area contributed by atoms with Crippen molar-refractivity contribution in [3.8, 4) is 0 Å². The highest BCUT2D eigenvalue weighted by Crippen LogP contribution is 2.26. The van der Waals surface area contributed by atoms with Gasteiger partial charge in [0.25, 0.3) is 0 Å². The van der Waals surface area contributed by atoms with Gasteiger partial charge in [0.1, 0.15) is 6.04 Å². The van der Waals surface area contributed by atoms with E-state index >= 15 is 0 Å². The molecule has 0 unspecified atom stereocenters. The number of nitrogens with one attached hydrogen (secondary N) is 1. The van der Waals surface area contributed by atoms with E-state index in [9.17, 15) is 4.79 Å². The Morgan fingerprint density at radius 1 is 1.46 bits per heavy atom. The third kappa shape index (κ3) is 2.99. The lowest BCUT2D eigenvalue weighted by Crippen LogP contribution is -2.43. The summed E-state index contributed by atoms with van der Waals surface area (Å²) in [6.45, 7) is 2.70. The average Bonchev–Trinajstić information content (AvgIpc) is 2.15. The smallest absolute Gasteiger partial charge is 0.320 e. The van der Waals surface area contributed by atoms with Crippen molar-refractivity contribution in [2.75, 3.05) is 6.54 Å². The molecule has 3 nitrogen and oxygen atoms in total. The van der Waals surface area contributed by atoms with Gasteiger partial charge in [-0.2, -0.15) is 0 Å². The summed E-state index contributed by atoms with van der Waals surface area (Å²) in [7, 11) is 0. The van der Waals surface area contributed by atoms with E-state index < -0.39 is 5.97 Å². The predicted octanol–water partition coefficient (Wildman–Crippen LogP) is 1.63. The molecular weight excluding hydrogens is 166 g/mol. The van der Waals surface area contributed by atoms with Gasteiger partial charge in [0.05, 0.1) is 0 Å². The fraction of sp³-hybridized carbons (Fsp3) is 0.900. The molecule has 0 aromatic carbocycles. The van der Waals surface area contributed by atoms with Crippen LogP contribution in [0.25, 0.3) is 0 Å². The Labute approximate surface area is 79.5 Å². The molecular formula is C10H19NO2. The molecule has 0 saturated heterocycles. The van der Waals surface area contributed by atoms with Crippen molar-refractivity contribution in [1.82, 2.24) is 5.32 Å². The Kier molecular flexibility index (Phi) is 4.22. The van der Waals surface area contributed by atoms with Crippen LogP contribution in [0.5, 0.6) is 0 Å². The largest absolute Gasteiger partial charge is 0.480 e. The van der Waals surface area contributed by atoms with Gasteiger partial charge < -0.3 is 10.4 Å². The highest BCUT2D eigenvalue weighted by Gasteiger charge is 2.28. The summed E-state index contributed by atoms with van der Waals surface area (Å²) in [5.41, 5.74) is 0. The maximum Gasteiger partial charge on any atom is 0.320 e. The van der Waals surface area contributed by atoms with Crippen LogP contribution in [0.4, 0.5) is 0 Å². The van der Waals surface area contributed by atoms with Gasteiger partial charge in [-0.25, -0.2) is 0 Å². The molecule has 76 valence electrons. The molecule has 0 radical (unpaired) electrons. The topological polar surface area (TPSA) is 49.3 Å². The first-order valence-corrected chi connectivity index (χ1v) is 5.22. The van der Waals surface area contributed by atoms with Crippen LogP contribution in [0.3, 0.4) is 0 Å². The van der Waals surface area contributed by atoms with E-state index in [1.54, 1.807) is 0 Å². The van der Waals surface area contributed by atoms with Gasteiger partial charge in [0.15, 0.2) is 0 Å². The lowest BCUT2D eigenvalue weighted by molar-refractivity contribution is -0.141. The van der Waals surface area contributed by atoms with E-state index in [2.05, 4.69) is 5.32 Å². The summed E-state index contributed by atoms with van der Waals surface area (Å²) in [4.78, 5) is 10.9. The average molecular weight is 185 g/mol. The van der Waals surface area contributed by atoms with E-state index in [-0.39, 0.29) is 6.04 Å². The molecule has 0 aromatic rings. The first-order valence-electron chi connectivity index (χ1n) is 5.22. The molecule has 0 spiro atoms. The van der Waals surface area contributed by atoms with E-state index in [1.165, 1.54) is 19.3 Å². The summed E-state index contributed by atoms with van der Waals surface area (Å²) in [5.74, 6) is -0.333. The van der Waals surface area contributed by atoms with Crippen LogP contribution in [0.15, 0.2) is 0 Å². The van der Waals surface area contributed by atoms with E-state index in [1.807, 2.05) is 6.92 Å². The van der Waals surface area contributed by atoms with E-state index in [0.717, 1.165) is 19.4 Å². The predicted molar refractivity (Wildman–Crippen MR) is 51.7 cm³/mol. The second-order valence-electron chi connectivity index (χ2n) is 3.77. The molecule has 0 aliphatic heterocycles. The molecule has 0 amide bonds. The van der Waals surface area contributed by atoms with Crippen LogP contribution in [0, 0.1) is 5.92 Å². The molecule has 1 rings (SSSR count). The SMILES string of the molecule is CCN[C@H](C(=O)O)C1CCCCC1. The fourth-order valence-electron chi connectivity index (χ4n) is 2.14. The van der Waals surface area contributed by atoms with Gasteiger partial charge in [-0.05, 0) is 25.3 Å². The summed E-state index contributed by atoms with van der Waals surface area (Å²) in [6.07, 6.45) is 5.81. The van der Waals surface area contributed by atoms with Crippen molar-refractivity contribution >= 4 is 5.97 Å². The van der Waals surface area contributed by atoms with Crippen molar-refractivity contribution in [3.63, 3.8) is 0 Å². The Bertz CT molecular complexity index is 164. The van der Waals surface area contributed by atoms with E-state index in [0.29, 0.717) is 5.92 Å². The molecule has 1 saturated carbocycles. The van der Waals surface area contributed by atoms with E-state index in [4.69, 9.17) is 5.11 Å². The molecule has 0 heterocycles. The molecule has 1 fully saturated rings. The fourth-order valence-corrected chi connectivity index (χ4v) is 2.14. The van der Waals surface area contributed by atoms with Crippen molar-refractivity contribution in [2.45, 2.75) is 45.1 Å². The Hall–Kier alpha value is -0.570. The van der Waals surface area contributed by atoms with Crippen LogP contribution in [-0.2, 0) is 4.79 Å². The minimum Gasteiger partial charge on any atom is -0.480 e. The second kappa shape index (κ2) is 5.22. The van der Waals surface area contributed by atoms with Crippen LogP contribution >= 0.6 is 0 Å². The second-order valence-corrected chi connectivity index (χ2v) is 3.77. The van der Waals surface area contributed by atoms with Crippen molar-refractivity contribution < 1.29 is 9.90 Å².